The summed E-state index contributed by atoms with van der Waals surface area (Å²) in [6.07, 6.45) is 4.98. The summed E-state index contributed by atoms with van der Waals surface area (Å²) in [7, 11) is 3.29. The normalized spacial score (nSPS) is 19.6. The first-order valence-corrected chi connectivity index (χ1v) is 12.6. The van der Waals surface area contributed by atoms with Gasteiger partial charge >= 0.3 is 12.1 Å². The van der Waals surface area contributed by atoms with Crippen molar-refractivity contribution in [3.05, 3.63) is 59.3 Å². The van der Waals surface area contributed by atoms with Gasteiger partial charge in [0.1, 0.15) is 6.61 Å². The van der Waals surface area contributed by atoms with Gasteiger partial charge in [-0.3, -0.25) is 4.68 Å². The summed E-state index contributed by atoms with van der Waals surface area (Å²) >= 11 is 0. The molecule has 3 aromatic rings. The molecule has 36 heavy (non-hydrogen) atoms. The second-order valence-corrected chi connectivity index (χ2v) is 9.85. The Bertz CT molecular complexity index is 1230. The van der Waals surface area contributed by atoms with Gasteiger partial charge in [-0.1, -0.05) is 30.3 Å². The fourth-order valence-corrected chi connectivity index (χ4v) is 5.35. The molecule has 0 atom stereocenters. The fourth-order valence-electron chi connectivity index (χ4n) is 5.35. The third-order valence-corrected chi connectivity index (χ3v) is 7.43. The number of methoxy groups -OCH3 is 1. The predicted molar refractivity (Wildman–Crippen MR) is 140 cm³/mol. The molecule has 0 bridgehead atoms. The molecular formula is C28H36N4O4. The Balaban J connectivity index is 1.49. The summed E-state index contributed by atoms with van der Waals surface area (Å²) in [4.78, 5) is 27.5. The van der Waals surface area contributed by atoms with Gasteiger partial charge in [0.15, 0.2) is 0 Å². The van der Waals surface area contributed by atoms with Crippen LogP contribution in [0.2, 0.25) is 0 Å². The Morgan fingerprint density at radius 2 is 1.92 bits per heavy atom. The highest BCUT2D eigenvalue weighted by Crippen LogP contribution is 2.39. The number of anilines is 1. The number of alkyl carbamates (subject to hydrolysis) is 1. The van der Waals surface area contributed by atoms with E-state index in [0.29, 0.717) is 5.56 Å². The van der Waals surface area contributed by atoms with Gasteiger partial charge in [0.25, 0.3) is 0 Å². The summed E-state index contributed by atoms with van der Waals surface area (Å²) in [5, 5.41) is 8.59. The number of carbonyl (C=O) groups is 2. The molecule has 1 aliphatic rings. The molecule has 192 valence electrons. The first-order chi connectivity index (χ1) is 17.3. The number of hydrogen-bond acceptors (Lipinski definition) is 6. The minimum atomic E-state index is -0.383. The van der Waals surface area contributed by atoms with E-state index >= 15 is 0 Å². The van der Waals surface area contributed by atoms with Crippen LogP contribution >= 0.6 is 0 Å². The summed E-state index contributed by atoms with van der Waals surface area (Å²) < 4.78 is 12.3. The zero-order valence-electron chi connectivity index (χ0n) is 21.8. The van der Waals surface area contributed by atoms with Gasteiger partial charge < -0.3 is 19.7 Å². The number of nitrogens with one attached hydrogen (secondary N) is 1. The van der Waals surface area contributed by atoms with Crippen molar-refractivity contribution in [2.24, 2.45) is 7.05 Å². The topological polar surface area (TPSA) is 85.7 Å². The van der Waals surface area contributed by atoms with Gasteiger partial charge in [0.2, 0.25) is 0 Å². The number of carbonyl (C=O) groups excluding carboxylic acids is 2. The number of rotatable bonds is 7. The highest BCUT2D eigenvalue weighted by Gasteiger charge is 2.36. The summed E-state index contributed by atoms with van der Waals surface area (Å²) in [5.41, 5.74) is 4.04. The molecule has 0 aliphatic heterocycles. The van der Waals surface area contributed by atoms with Crippen LogP contribution in [0.5, 0.6) is 0 Å². The number of aromatic nitrogens is 2. The lowest BCUT2D eigenvalue weighted by Gasteiger charge is -2.43. The van der Waals surface area contributed by atoms with E-state index < -0.39 is 0 Å². The third-order valence-electron chi connectivity index (χ3n) is 7.43. The van der Waals surface area contributed by atoms with E-state index in [4.69, 9.17) is 9.47 Å². The SMILES string of the molecule is CCN(c1c(C)c(C(=O)OC)cc2c1cnn2C)C1CCC(C)(NC(=O)OCc2ccccc2)CC1. The van der Waals surface area contributed by atoms with Gasteiger partial charge in [-0.15, -0.1) is 0 Å². The first-order valence-electron chi connectivity index (χ1n) is 12.6. The van der Waals surface area contributed by atoms with E-state index in [9.17, 15) is 9.59 Å². The van der Waals surface area contributed by atoms with E-state index in [1.807, 2.05) is 56.6 Å². The molecule has 0 saturated heterocycles. The summed E-state index contributed by atoms with van der Waals surface area (Å²) in [6.45, 7) is 7.26. The number of hydrogen-bond donors (Lipinski definition) is 1. The van der Waals surface area contributed by atoms with Crippen LogP contribution in [0.3, 0.4) is 0 Å². The van der Waals surface area contributed by atoms with Crippen LogP contribution in [-0.2, 0) is 23.1 Å². The molecule has 1 saturated carbocycles. The molecule has 8 nitrogen and oxygen atoms in total. The highest BCUT2D eigenvalue weighted by atomic mass is 16.5. The molecule has 1 fully saturated rings. The molecule has 0 unspecified atom stereocenters. The Labute approximate surface area is 212 Å². The fraction of sp³-hybridized carbons (Fsp3) is 0.464. The number of fused-ring (bicyclic) bond motifs is 1. The second kappa shape index (κ2) is 10.6. The van der Waals surface area contributed by atoms with Crippen molar-refractivity contribution in [3.63, 3.8) is 0 Å². The number of ether oxygens (including phenoxy) is 2. The van der Waals surface area contributed by atoms with E-state index in [1.54, 1.807) is 4.68 Å². The van der Waals surface area contributed by atoms with Crippen LogP contribution in [0.15, 0.2) is 42.6 Å². The number of esters is 1. The van der Waals surface area contributed by atoms with E-state index in [0.717, 1.165) is 59.9 Å². The predicted octanol–water partition coefficient (Wildman–Crippen LogP) is 5.12. The maximum atomic E-state index is 12.6. The largest absolute Gasteiger partial charge is 0.465 e. The number of amides is 1. The minimum absolute atomic E-state index is 0.256. The van der Waals surface area contributed by atoms with Crippen molar-refractivity contribution in [1.29, 1.82) is 0 Å². The molecule has 1 heterocycles. The van der Waals surface area contributed by atoms with Crippen molar-refractivity contribution < 1.29 is 19.1 Å². The van der Waals surface area contributed by atoms with Crippen molar-refractivity contribution >= 4 is 28.7 Å². The minimum Gasteiger partial charge on any atom is -0.465 e. The number of nitrogens with zero attached hydrogens (tertiary/aromatic N) is 3. The van der Waals surface area contributed by atoms with Crippen LogP contribution < -0.4 is 10.2 Å². The van der Waals surface area contributed by atoms with Gasteiger partial charge in [-0.05, 0) is 63.6 Å². The average molecular weight is 493 g/mol. The van der Waals surface area contributed by atoms with Crippen molar-refractivity contribution in [2.75, 3.05) is 18.6 Å². The van der Waals surface area contributed by atoms with Gasteiger partial charge in [-0.2, -0.15) is 5.10 Å². The van der Waals surface area contributed by atoms with E-state index in [1.165, 1.54) is 7.11 Å². The quantitative estimate of drug-likeness (QED) is 0.461. The number of benzene rings is 2. The van der Waals surface area contributed by atoms with E-state index in [-0.39, 0.29) is 30.3 Å². The summed E-state index contributed by atoms with van der Waals surface area (Å²) in [6, 6.07) is 11.8. The second-order valence-electron chi connectivity index (χ2n) is 9.85. The zero-order valence-corrected chi connectivity index (χ0v) is 21.8. The number of aryl methyl sites for hydroxylation is 1. The first kappa shape index (κ1) is 25.5. The van der Waals surface area contributed by atoms with Gasteiger partial charge in [0, 0.05) is 30.6 Å². The standard InChI is InChI=1S/C28H36N4O4/c1-6-32(25-19(2)22(26(33)35-5)16-24-23(25)17-29-31(24)4)21-12-14-28(3,15-13-21)30-27(34)36-18-20-10-8-7-9-11-20/h7-11,16-17,21H,6,12-15,18H2,1-5H3,(H,30,34). The van der Waals surface area contributed by atoms with Gasteiger partial charge in [0.05, 0.1) is 30.1 Å². The molecule has 1 aliphatic carbocycles. The molecule has 2 aromatic carbocycles. The highest BCUT2D eigenvalue weighted by molar-refractivity contribution is 6.03. The van der Waals surface area contributed by atoms with Gasteiger partial charge in [-0.25, -0.2) is 9.59 Å². The average Bonchev–Trinajstić information content (AvgIpc) is 3.25. The smallest absolute Gasteiger partial charge is 0.407 e. The lowest BCUT2D eigenvalue weighted by Crippen LogP contribution is -2.51. The molecule has 1 aromatic heterocycles. The monoisotopic (exact) mass is 492 g/mol. The van der Waals surface area contributed by atoms with Crippen LogP contribution in [0, 0.1) is 6.92 Å². The lowest BCUT2D eigenvalue weighted by molar-refractivity contribution is 0.0600. The maximum absolute atomic E-state index is 12.6. The van der Waals surface area contributed by atoms with Crippen molar-refractivity contribution in [1.82, 2.24) is 15.1 Å². The molecule has 4 rings (SSSR count). The zero-order chi connectivity index (χ0) is 25.9. The van der Waals surface area contributed by atoms with Crippen molar-refractivity contribution in [2.45, 2.75) is 64.6 Å². The van der Waals surface area contributed by atoms with E-state index in [2.05, 4.69) is 29.2 Å². The molecule has 0 spiro atoms. The van der Waals surface area contributed by atoms with Crippen LogP contribution in [-0.4, -0.2) is 47.1 Å². The summed E-state index contributed by atoms with van der Waals surface area (Å²) in [5.74, 6) is -0.345. The Morgan fingerprint density at radius 3 is 2.56 bits per heavy atom. The van der Waals surface area contributed by atoms with Crippen LogP contribution in [0.1, 0.15) is 61.0 Å². The van der Waals surface area contributed by atoms with Crippen LogP contribution in [0.25, 0.3) is 10.9 Å². The van der Waals surface area contributed by atoms with Crippen molar-refractivity contribution in [3.8, 4) is 0 Å². The molecular weight excluding hydrogens is 456 g/mol. The maximum Gasteiger partial charge on any atom is 0.407 e. The lowest BCUT2D eigenvalue weighted by atomic mass is 9.80. The molecule has 0 radical (unpaired) electrons. The third kappa shape index (κ3) is 5.17. The molecule has 8 heteroatoms. The molecule has 1 N–H and O–H groups in total. The molecule has 1 amide bonds. The Morgan fingerprint density at radius 1 is 1.22 bits per heavy atom. The Kier molecular flexibility index (Phi) is 7.52. The van der Waals surface area contributed by atoms with Crippen LogP contribution in [0.4, 0.5) is 10.5 Å². The Hall–Kier alpha value is -3.55.